The van der Waals surface area contributed by atoms with Crippen LogP contribution >= 0.6 is 11.6 Å². The summed E-state index contributed by atoms with van der Waals surface area (Å²) in [5.74, 6) is 0.222. The number of hydrogen-bond donors (Lipinski definition) is 4. The number of aliphatic hydroxyl groups is 1. The molecule has 0 radical (unpaired) electrons. The largest absolute Gasteiger partial charge is 0.374 e. The summed E-state index contributed by atoms with van der Waals surface area (Å²) in [5, 5.41) is 16.4. The molecule has 0 saturated heterocycles. The van der Waals surface area contributed by atoms with Gasteiger partial charge in [-0.1, -0.05) is 11.6 Å². The van der Waals surface area contributed by atoms with E-state index in [1.54, 1.807) is 25.1 Å². The van der Waals surface area contributed by atoms with Crippen LogP contribution in [0.5, 0.6) is 0 Å². The van der Waals surface area contributed by atoms with Gasteiger partial charge in [-0.25, -0.2) is 4.98 Å². The highest BCUT2D eigenvalue weighted by atomic mass is 35.5. The molecule has 3 rings (SSSR count). The van der Waals surface area contributed by atoms with E-state index in [1.807, 2.05) is 0 Å². The first-order chi connectivity index (χ1) is 14.3. The van der Waals surface area contributed by atoms with E-state index in [2.05, 4.69) is 15.6 Å². The van der Waals surface area contributed by atoms with Crippen LogP contribution in [0.4, 0.5) is 5.69 Å². The molecular formula is C20H26ClN5O4. The molecular weight excluding hydrogens is 410 g/mol. The van der Waals surface area contributed by atoms with Gasteiger partial charge >= 0.3 is 0 Å². The Morgan fingerprint density at radius 3 is 2.80 bits per heavy atom. The van der Waals surface area contributed by atoms with E-state index in [0.29, 0.717) is 27.8 Å². The Labute approximate surface area is 179 Å². The molecule has 30 heavy (non-hydrogen) atoms. The van der Waals surface area contributed by atoms with Crippen LogP contribution in [-0.2, 0) is 16.1 Å². The number of nitrogens with one attached hydrogen (secondary N) is 2. The molecule has 0 spiro atoms. The van der Waals surface area contributed by atoms with Gasteiger partial charge in [0.15, 0.2) is 0 Å². The van der Waals surface area contributed by atoms with Gasteiger partial charge in [0.05, 0.1) is 12.2 Å². The minimum absolute atomic E-state index is 0.137. The third kappa shape index (κ3) is 5.57. The number of benzene rings is 1. The number of anilines is 1. The molecule has 1 heterocycles. The molecule has 1 aliphatic carbocycles. The number of rotatable bonds is 9. The molecule has 0 aliphatic heterocycles. The maximum atomic E-state index is 12.7. The number of nitrogens with zero attached hydrogens (tertiary/aromatic N) is 2. The van der Waals surface area contributed by atoms with Crippen molar-refractivity contribution in [2.45, 2.75) is 38.8 Å². The van der Waals surface area contributed by atoms with Crippen molar-refractivity contribution in [2.24, 2.45) is 11.7 Å². The summed E-state index contributed by atoms with van der Waals surface area (Å²) in [6.07, 6.45) is 0.629. The average molecular weight is 436 g/mol. The lowest BCUT2D eigenvalue weighted by Gasteiger charge is -2.18. The molecule has 162 valence electrons. The fraction of sp³-hybridized carbons (Fsp3) is 0.450. The van der Waals surface area contributed by atoms with Crippen LogP contribution < -0.4 is 21.9 Å². The molecule has 9 nitrogen and oxygen atoms in total. The molecule has 1 aromatic heterocycles. The Kier molecular flexibility index (Phi) is 7.09. The molecule has 1 aromatic carbocycles. The minimum Gasteiger partial charge on any atom is -0.374 e. The van der Waals surface area contributed by atoms with Crippen molar-refractivity contribution in [3.63, 3.8) is 0 Å². The summed E-state index contributed by atoms with van der Waals surface area (Å²) >= 11 is 6.12. The normalized spacial score (nSPS) is 15.5. The molecule has 1 saturated carbocycles. The summed E-state index contributed by atoms with van der Waals surface area (Å²) in [6, 6.07) is 6.49. The molecule has 1 aliphatic rings. The van der Waals surface area contributed by atoms with Crippen molar-refractivity contribution >= 4 is 23.2 Å². The second-order valence-electron chi connectivity index (χ2n) is 7.31. The van der Waals surface area contributed by atoms with E-state index in [-0.39, 0.29) is 30.5 Å². The molecule has 2 aromatic rings. The van der Waals surface area contributed by atoms with Crippen LogP contribution in [-0.4, -0.2) is 46.7 Å². The third-order valence-corrected chi connectivity index (χ3v) is 5.17. The van der Waals surface area contributed by atoms with Gasteiger partial charge in [-0.3, -0.25) is 14.2 Å². The fourth-order valence-electron chi connectivity index (χ4n) is 3.00. The van der Waals surface area contributed by atoms with E-state index in [4.69, 9.17) is 22.1 Å². The summed E-state index contributed by atoms with van der Waals surface area (Å²) in [5.41, 5.74) is 6.89. The molecule has 1 amide bonds. The number of halogens is 1. The van der Waals surface area contributed by atoms with Crippen molar-refractivity contribution < 1.29 is 14.6 Å². The zero-order chi connectivity index (χ0) is 21.8. The second kappa shape index (κ2) is 9.57. The SMILES string of the molecule is COC(N)CNC(=O)Cn1c(C)nc(-c2ccc(Cl)cc2NC(O)C2CC2)cc1=O. The number of aliphatic hydroxyl groups excluding tert-OH is 1. The predicted octanol–water partition coefficient (Wildman–Crippen LogP) is 1.06. The molecule has 2 atom stereocenters. The van der Waals surface area contributed by atoms with Gasteiger partial charge in [0.2, 0.25) is 5.91 Å². The van der Waals surface area contributed by atoms with Crippen LogP contribution in [0.1, 0.15) is 18.7 Å². The fourth-order valence-corrected chi connectivity index (χ4v) is 3.17. The number of aromatic nitrogens is 2. The lowest BCUT2D eigenvalue weighted by molar-refractivity contribution is -0.122. The highest BCUT2D eigenvalue weighted by molar-refractivity contribution is 6.31. The van der Waals surface area contributed by atoms with Crippen LogP contribution in [0.25, 0.3) is 11.3 Å². The zero-order valence-electron chi connectivity index (χ0n) is 16.9. The maximum absolute atomic E-state index is 12.7. The molecule has 1 fully saturated rings. The summed E-state index contributed by atoms with van der Waals surface area (Å²) in [7, 11) is 1.44. The number of nitrogens with two attached hydrogens (primary N) is 1. The van der Waals surface area contributed by atoms with Crippen LogP contribution in [0.15, 0.2) is 29.1 Å². The number of aryl methyl sites for hydroxylation is 1. The maximum Gasteiger partial charge on any atom is 0.254 e. The van der Waals surface area contributed by atoms with Gasteiger partial charge in [0.25, 0.3) is 5.56 Å². The van der Waals surface area contributed by atoms with Crippen molar-refractivity contribution in [2.75, 3.05) is 19.0 Å². The second-order valence-corrected chi connectivity index (χ2v) is 7.74. The number of hydrogen-bond acceptors (Lipinski definition) is 7. The Bertz CT molecular complexity index is 976. The third-order valence-electron chi connectivity index (χ3n) is 4.93. The topological polar surface area (TPSA) is 132 Å². The van der Waals surface area contributed by atoms with Crippen LogP contribution in [0.3, 0.4) is 0 Å². The lowest BCUT2D eigenvalue weighted by Crippen LogP contribution is -2.41. The van der Waals surface area contributed by atoms with Gasteiger partial charge in [0, 0.05) is 35.4 Å². The van der Waals surface area contributed by atoms with Crippen molar-refractivity contribution in [3.05, 3.63) is 45.5 Å². The van der Waals surface area contributed by atoms with Gasteiger partial charge in [0.1, 0.15) is 24.8 Å². The first-order valence-electron chi connectivity index (χ1n) is 9.66. The highest BCUT2D eigenvalue weighted by Gasteiger charge is 2.30. The first kappa shape index (κ1) is 22.2. The summed E-state index contributed by atoms with van der Waals surface area (Å²) < 4.78 is 6.15. The molecule has 10 heteroatoms. The van der Waals surface area contributed by atoms with E-state index in [1.165, 1.54) is 17.7 Å². The van der Waals surface area contributed by atoms with Gasteiger partial charge in [-0.2, -0.15) is 0 Å². The number of carbonyl (C=O) groups excluding carboxylic acids is 1. The van der Waals surface area contributed by atoms with Crippen LogP contribution in [0, 0.1) is 12.8 Å². The van der Waals surface area contributed by atoms with Gasteiger partial charge in [-0.15, -0.1) is 0 Å². The quantitative estimate of drug-likeness (QED) is 0.433. The minimum atomic E-state index is -0.689. The summed E-state index contributed by atoms with van der Waals surface area (Å²) in [4.78, 5) is 29.3. The molecule has 5 N–H and O–H groups in total. The first-order valence-corrected chi connectivity index (χ1v) is 10.0. The average Bonchev–Trinajstić information content (AvgIpc) is 3.54. The monoisotopic (exact) mass is 435 g/mol. The number of amides is 1. The van der Waals surface area contributed by atoms with E-state index >= 15 is 0 Å². The highest BCUT2D eigenvalue weighted by Crippen LogP contribution is 2.35. The Hall–Kier alpha value is -2.46. The standard InChI is InChI=1S/C20H26ClN5O4/c1-11-24-16(8-19(28)26(11)10-18(27)23-9-17(22)30-2)14-6-5-13(21)7-15(14)25-20(29)12-3-4-12/h5-8,12,17,20,25,29H,3-4,9-10,22H2,1-2H3,(H,23,27). The smallest absolute Gasteiger partial charge is 0.254 e. The van der Waals surface area contributed by atoms with Crippen molar-refractivity contribution in [1.29, 1.82) is 0 Å². The molecule has 2 unspecified atom stereocenters. The number of ether oxygens (including phenoxy) is 1. The zero-order valence-corrected chi connectivity index (χ0v) is 17.6. The Morgan fingerprint density at radius 1 is 1.43 bits per heavy atom. The summed E-state index contributed by atoms with van der Waals surface area (Å²) in [6.45, 7) is 1.61. The van der Waals surface area contributed by atoms with E-state index < -0.39 is 12.5 Å². The van der Waals surface area contributed by atoms with Crippen LogP contribution in [0.2, 0.25) is 5.02 Å². The van der Waals surface area contributed by atoms with Crippen molar-refractivity contribution in [3.8, 4) is 11.3 Å². The lowest BCUT2D eigenvalue weighted by atomic mass is 10.1. The van der Waals surface area contributed by atoms with E-state index in [0.717, 1.165) is 12.8 Å². The number of methoxy groups -OCH3 is 1. The Morgan fingerprint density at radius 2 is 2.17 bits per heavy atom. The molecule has 0 bridgehead atoms. The van der Waals surface area contributed by atoms with Gasteiger partial charge < -0.3 is 26.2 Å². The van der Waals surface area contributed by atoms with Crippen molar-refractivity contribution in [1.82, 2.24) is 14.9 Å². The van der Waals surface area contributed by atoms with Gasteiger partial charge in [-0.05, 0) is 38.0 Å². The number of carbonyl (C=O) groups is 1. The predicted molar refractivity (Wildman–Crippen MR) is 114 cm³/mol. The Balaban J connectivity index is 1.83. The van der Waals surface area contributed by atoms with E-state index in [9.17, 15) is 14.7 Å².